The second kappa shape index (κ2) is 20.7. The first kappa shape index (κ1) is 48.6. The number of rotatable bonds is 14. The van der Waals surface area contributed by atoms with Crippen molar-refractivity contribution in [3.05, 3.63) is 83.1 Å². The van der Waals surface area contributed by atoms with Crippen molar-refractivity contribution in [1.82, 2.24) is 0 Å². The smallest absolute Gasteiger partial charge is 0.330 e. The first-order valence-corrected chi connectivity index (χ1v) is 20.4. The van der Waals surface area contributed by atoms with E-state index >= 15 is 0 Å². The number of fused-ring (bicyclic) bond motifs is 1. The zero-order chi connectivity index (χ0) is 47.6. The average Bonchev–Trinajstić information content (AvgIpc) is 3.30. The number of benzene rings is 3. The van der Waals surface area contributed by atoms with Crippen LogP contribution in [0.1, 0.15) is 22.8 Å². The summed E-state index contributed by atoms with van der Waals surface area (Å²) in [4.78, 5) is 12.9. The van der Waals surface area contributed by atoms with Crippen molar-refractivity contribution in [3.8, 4) is 34.5 Å². The summed E-state index contributed by atoms with van der Waals surface area (Å²) in [5, 5.41) is 137. The number of aliphatic hydroxyl groups is 10. The Morgan fingerprint density at radius 2 is 1.27 bits per heavy atom. The molecule has 0 spiro atoms. The van der Waals surface area contributed by atoms with Crippen LogP contribution in [0, 0.1) is 0 Å². The van der Waals surface area contributed by atoms with Crippen molar-refractivity contribution in [2.24, 2.45) is 0 Å². The number of esters is 1. The summed E-state index contributed by atoms with van der Waals surface area (Å²) in [7, 11) is 1.34. The molecular formula is C43H50O23. The summed E-state index contributed by atoms with van der Waals surface area (Å²) in [6.45, 7) is -2.34. The third kappa shape index (κ3) is 10.3. The molecule has 360 valence electrons. The maximum absolute atomic E-state index is 12.9. The zero-order valence-corrected chi connectivity index (χ0v) is 34.7. The molecule has 0 radical (unpaired) electrons. The minimum Gasteiger partial charge on any atom is -0.508 e. The van der Waals surface area contributed by atoms with Gasteiger partial charge in [-0.05, 0) is 42.0 Å². The molecule has 13 N–H and O–H groups in total. The number of carbonyl (C=O) groups excluding carboxylic acids is 1. The van der Waals surface area contributed by atoms with Gasteiger partial charge in [0, 0.05) is 23.8 Å². The SMILES string of the molecule is COc1cc(/C=C/C(=O)OC[C@@H]2O[C@@H](OC3=Cc4c(cc(O)cc4O[C@@H]4O[C@H](CO)[C@@H](O)[C@H](O)[C@H]4O)OC3c3ccc(O)cc3)[C@@H](O[C@@H]3O[C@H](CO)[C@@H](O)[C@H](O)[C@H]3O)[C@@H](O)[C@@H]2O)ccc1O. The van der Waals surface area contributed by atoms with Crippen LogP contribution >= 0.6 is 0 Å². The van der Waals surface area contributed by atoms with Crippen LogP contribution in [0.5, 0.6) is 34.5 Å². The molecule has 4 aliphatic rings. The fourth-order valence-corrected chi connectivity index (χ4v) is 7.52. The molecule has 0 aromatic heterocycles. The molecule has 0 aliphatic carbocycles. The number of methoxy groups -OCH3 is 1. The van der Waals surface area contributed by atoms with Crippen LogP contribution in [0.15, 0.2) is 66.4 Å². The van der Waals surface area contributed by atoms with Crippen molar-refractivity contribution in [2.45, 2.75) is 98.2 Å². The number of phenols is 3. The van der Waals surface area contributed by atoms with Crippen LogP contribution < -0.4 is 14.2 Å². The fraction of sp³-hybridized carbons (Fsp3) is 0.465. The highest BCUT2D eigenvalue weighted by Crippen LogP contribution is 2.46. The molecule has 3 saturated heterocycles. The number of phenolic OH excluding ortho intramolecular Hbond substituents is 3. The number of hydrogen-bond acceptors (Lipinski definition) is 23. The number of carbonyl (C=O) groups is 1. The lowest BCUT2D eigenvalue weighted by atomic mass is 9.97. The van der Waals surface area contributed by atoms with Crippen LogP contribution in [-0.4, -0.2) is 191 Å². The molecule has 4 heterocycles. The van der Waals surface area contributed by atoms with E-state index < -0.39 is 130 Å². The Hall–Kier alpha value is -5.35. The molecule has 16 atom stereocenters. The Kier molecular flexibility index (Phi) is 15.2. The Morgan fingerprint density at radius 3 is 1.92 bits per heavy atom. The predicted octanol–water partition coefficient (Wildman–Crippen LogP) is -2.63. The lowest BCUT2D eigenvalue weighted by molar-refractivity contribution is -0.364. The Balaban J connectivity index is 1.23. The molecule has 66 heavy (non-hydrogen) atoms. The van der Waals surface area contributed by atoms with Crippen molar-refractivity contribution < 1.29 is 114 Å². The quantitative estimate of drug-likeness (QED) is 0.0581. The van der Waals surface area contributed by atoms with E-state index in [1.807, 2.05) is 0 Å². The molecule has 3 aromatic carbocycles. The normalized spacial score (nSPS) is 34.4. The summed E-state index contributed by atoms with van der Waals surface area (Å²) in [6.07, 6.45) is -24.6. The first-order valence-electron chi connectivity index (χ1n) is 20.4. The highest BCUT2D eigenvalue weighted by atomic mass is 16.8. The molecule has 7 rings (SSSR count). The summed E-state index contributed by atoms with van der Waals surface area (Å²) in [5.74, 6) is -2.05. The average molecular weight is 935 g/mol. The van der Waals surface area contributed by atoms with E-state index in [9.17, 15) is 71.2 Å². The topological polar surface area (TPSA) is 363 Å². The van der Waals surface area contributed by atoms with Crippen LogP contribution in [0.3, 0.4) is 0 Å². The molecular weight excluding hydrogens is 884 g/mol. The van der Waals surface area contributed by atoms with Crippen LogP contribution in [-0.2, 0) is 33.2 Å². The summed E-state index contributed by atoms with van der Waals surface area (Å²) in [5.41, 5.74) is 0.731. The summed E-state index contributed by atoms with van der Waals surface area (Å²) < 4.78 is 52.1. The Bertz CT molecular complexity index is 2200. The molecule has 0 saturated carbocycles. The van der Waals surface area contributed by atoms with E-state index in [2.05, 4.69) is 0 Å². The molecule has 3 aromatic rings. The van der Waals surface area contributed by atoms with Gasteiger partial charge in [0.15, 0.2) is 30.0 Å². The summed E-state index contributed by atoms with van der Waals surface area (Å²) in [6, 6.07) is 12.1. The van der Waals surface area contributed by atoms with Gasteiger partial charge in [-0.1, -0.05) is 18.2 Å². The highest BCUT2D eigenvalue weighted by Gasteiger charge is 2.53. The molecule has 4 aliphatic heterocycles. The number of hydrogen-bond donors (Lipinski definition) is 13. The summed E-state index contributed by atoms with van der Waals surface area (Å²) >= 11 is 0. The van der Waals surface area contributed by atoms with E-state index in [0.29, 0.717) is 11.1 Å². The van der Waals surface area contributed by atoms with Gasteiger partial charge < -0.3 is 109 Å². The van der Waals surface area contributed by atoms with Crippen molar-refractivity contribution in [1.29, 1.82) is 0 Å². The standard InChI is InChI=1S/C43H50O23/c1-58-25-10-17(2-8-22(25)48)3-9-30(49)59-16-29-33(52)36(55)40(66-42-38(57)35(54)32(51)28(15-45)64-42)43(65-29)62-26-13-21-23(60-39(26)18-4-6-19(46)7-5-18)11-20(47)12-24(21)61-41-37(56)34(53)31(50)27(14-44)63-41/h2-13,27-29,31-48,50-57H,14-16H2,1H3/b9-3+/t27-,28-,29+,31-,32-,33-,34+,35+,36+,37-,38-,39?,40+,41-,42+,43-/m1/s1. The third-order valence-electron chi connectivity index (χ3n) is 11.2. The van der Waals surface area contributed by atoms with E-state index in [1.165, 1.54) is 67.8 Å². The van der Waals surface area contributed by atoms with E-state index in [-0.39, 0.29) is 40.1 Å². The lowest BCUT2D eigenvalue weighted by Crippen LogP contribution is -2.64. The molecule has 1 unspecified atom stereocenters. The van der Waals surface area contributed by atoms with Gasteiger partial charge in [-0.25, -0.2) is 4.79 Å². The molecule has 0 bridgehead atoms. The number of ether oxygens (including phenoxy) is 9. The largest absolute Gasteiger partial charge is 0.508 e. The van der Waals surface area contributed by atoms with Gasteiger partial charge in [-0.15, -0.1) is 0 Å². The van der Waals surface area contributed by atoms with Crippen molar-refractivity contribution in [2.75, 3.05) is 26.9 Å². The predicted molar refractivity (Wildman–Crippen MR) is 217 cm³/mol. The van der Waals surface area contributed by atoms with Gasteiger partial charge in [0.25, 0.3) is 0 Å². The van der Waals surface area contributed by atoms with E-state index in [1.54, 1.807) is 0 Å². The highest BCUT2D eigenvalue weighted by molar-refractivity contribution is 5.87. The number of aromatic hydroxyl groups is 3. The van der Waals surface area contributed by atoms with E-state index in [0.717, 1.165) is 12.1 Å². The zero-order valence-electron chi connectivity index (χ0n) is 34.7. The van der Waals surface area contributed by atoms with Gasteiger partial charge in [0.05, 0.1) is 25.9 Å². The molecule has 0 amide bonds. The number of aliphatic hydroxyl groups excluding tert-OH is 10. The molecule has 3 fully saturated rings. The van der Waals surface area contributed by atoms with Gasteiger partial charge >= 0.3 is 5.97 Å². The van der Waals surface area contributed by atoms with Gasteiger partial charge in [0.1, 0.15) is 103 Å². The minimum absolute atomic E-state index is 0.0129. The second-order valence-corrected chi connectivity index (χ2v) is 15.6. The maximum atomic E-state index is 12.9. The lowest BCUT2D eigenvalue weighted by Gasteiger charge is -2.46. The maximum Gasteiger partial charge on any atom is 0.330 e. The fourth-order valence-electron chi connectivity index (χ4n) is 7.52. The molecule has 23 heteroatoms. The van der Waals surface area contributed by atoms with Crippen molar-refractivity contribution >= 4 is 18.1 Å². The molecule has 23 nitrogen and oxygen atoms in total. The minimum atomic E-state index is -2.04. The monoisotopic (exact) mass is 934 g/mol. The van der Waals surface area contributed by atoms with Gasteiger partial charge in [0.2, 0.25) is 12.6 Å². The van der Waals surface area contributed by atoms with Crippen LogP contribution in [0.2, 0.25) is 0 Å². The Morgan fingerprint density at radius 1 is 0.652 bits per heavy atom. The van der Waals surface area contributed by atoms with E-state index in [4.69, 9.17) is 42.6 Å². The van der Waals surface area contributed by atoms with Crippen LogP contribution in [0.4, 0.5) is 0 Å². The van der Waals surface area contributed by atoms with Crippen LogP contribution in [0.25, 0.3) is 12.2 Å². The third-order valence-corrected chi connectivity index (χ3v) is 11.2. The van der Waals surface area contributed by atoms with Gasteiger partial charge in [-0.2, -0.15) is 0 Å². The van der Waals surface area contributed by atoms with Crippen molar-refractivity contribution in [3.63, 3.8) is 0 Å². The second-order valence-electron chi connectivity index (χ2n) is 15.6. The Labute approximate surface area is 374 Å². The van der Waals surface area contributed by atoms with Gasteiger partial charge in [-0.3, -0.25) is 0 Å². The first-order chi connectivity index (χ1) is 31.5.